The maximum Gasteiger partial charge on any atom is 0.233 e. The highest BCUT2D eigenvalue weighted by molar-refractivity contribution is 8.00. The van der Waals surface area contributed by atoms with Crippen molar-refractivity contribution in [1.29, 1.82) is 0 Å². The highest BCUT2D eigenvalue weighted by atomic mass is 35.5. The van der Waals surface area contributed by atoms with Crippen molar-refractivity contribution in [3.05, 3.63) is 52.0 Å². The summed E-state index contributed by atoms with van der Waals surface area (Å²) >= 11 is 15.3. The van der Waals surface area contributed by atoms with Gasteiger partial charge in [0.15, 0.2) is 11.5 Å². The van der Waals surface area contributed by atoms with Crippen LogP contribution in [-0.2, 0) is 10.5 Å². The second-order valence-corrected chi connectivity index (χ2v) is 9.22. The maximum atomic E-state index is 12.3. The van der Waals surface area contributed by atoms with Gasteiger partial charge in [0, 0.05) is 33.0 Å². The fraction of sp³-hybridized carbons (Fsp3) is 0.350. The third-order valence-corrected chi connectivity index (χ3v) is 6.54. The molecule has 0 aliphatic rings. The van der Waals surface area contributed by atoms with E-state index in [0.29, 0.717) is 28.1 Å². The predicted octanol–water partition coefficient (Wildman–Crippen LogP) is 5.54. The van der Waals surface area contributed by atoms with E-state index in [0.717, 1.165) is 22.0 Å². The first-order valence-electron chi connectivity index (χ1n) is 8.62. The van der Waals surface area contributed by atoms with Gasteiger partial charge in [-0.15, -0.1) is 11.8 Å². The van der Waals surface area contributed by atoms with Gasteiger partial charge in [-0.3, -0.25) is 4.79 Å². The number of rotatable bonds is 10. The molecule has 0 aliphatic carbocycles. The van der Waals surface area contributed by atoms with Crippen LogP contribution in [0, 0.1) is 0 Å². The number of carbonyl (C=O) groups is 1. The van der Waals surface area contributed by atoms with Gasteiger partial charge < -0.3 is 14.8 Å². The Labute approximate surface area is 184 Å². The lowest BCUT2D eigenvalue weighted by Crippen LogP contribution is -2.32. The van der Waals surface area contributed by atoms with Gasteiger partial charge in [-0.1, -0.05) is 29.3 Å². The summed E-state index contributed by atoms with van der Waals surface area (Å²) in [7, 11) is 3.19. The van der Waals surface area contributed by atoms with Crippen LogP contribution in [0.25, 0.3) is 0 Å². The molecule has 0 heterocycles. The number of thioether (sulfide) groups is 2. The van der Waals surface area contributed by atoms with E-state index in [4.69, 9.17) is 32.7 Å². The van der Waals surface area contributed by atoms with Crippen LogP contribution in [0.2, 0.25) is 10.0 Å². The molecule has 0 unspecified atom stereocenters. The van der Waals surface area contributed by atoms with E-state index < -0.39 is 0 Å². The van der Waals surface area contributed by atoms with E-state index in [-0.39, 0.29) is 11.2 Å². The minimum atomic E-state index is -0.214. The molecule has 4 nitrogen and oxygen atoms in total. The van der Waals surface area contributed by atoms with Gasteiger partial charge in [0.1, 0.15) is 0 Å². The molecule has 0 fully saturated rings. The molecule has 2 rings (SSSR count). The van der Waals surface area contributed by atoms with Crippen LogP contribution >= 0.6 is 46.7 Å². The Bertz CT molecular complexity index is 805. The Balaban J connectivity index is 1.73. The van der Waals surface area contributed by atoms with E-state index in [1.807, 2.05) is 37.3 Å². The summed E-state index contributed by atoms with van der Waals surface area (Å²) in [5, 5.41) is 4.06. The average molecular weight is 460 g/mol. The van der Waals surface area contributed by atoms with E-state index in [1.54, 1.807) is 32.0 Å². The molecule has 2 aromatic carbocycles. The Morgan fingerprint density at radius 1 is 1.11 bits per heavy atom. The van der Waals surface area contributed by atoms with Gasteiger partial charge in [0.25, 0.3) is 0 Å². The van der Waals surface area contributed by atoms with Crippen molar-refractivity contribution in [3.63, 3.8) is 0 Å². The summed E-state index contributed by atoms with van der Waals surface area (Å²) in [6.07, 6.45) is 0. The van der Waals surface area contributed by atoms with Gasteiger partial charge in [-0.2, -0.15) is 11.8 Å². The van der Waals surface area contributed by atoms with Crippen LogP contribution in [0.1, 0.15) is 12.5 Å². The molecule has 1 N–H and O–H groups in total. The molecule has 0 radical (unpaired) electrons. The number of carbonyl (C=O) groups excluding carboxylic acids is 1. The Morgan fingerprint density at radius 3 is 2.54 bits per heavy atom. The molecule has 152 valence electrons. The lowest BCUT2D eigenvalue weighted by molar-refractivity contribution is -0.120. The van der Waals surface area contributed by atoms with Crippen molar-refractivity contribution in [3.8, 4) is 11.5 Å². The molecule has 0 spiro atoms. The monoisotopic (exact) mass is 459 g/mol. The second-order valence-electron chi connectivity index (χ2n) is 5.86. The van der Waals surface area contributed by atoms with Crippen LogP contribution in [-0.4, -0.2) is 37.7 Å². The molecular formula is C20H23Cl2NO3S2. The van der Waals surface area contributed by atoms with E-state index in [2.05, 4.69) is 5.32 Å². The summed E-state index contributed by atoms with van der Waals surface area (Å²) in [6, 6.07) is 11.1. The van der Waals surface area contributed by atoms with E-state index in [9.17, 15) is 4.79 Å². The normalized spacial score (nSPS) is 11.8. The van der Waals surface area contributed by atoms with Gasteiger partial charge in [0.2, 0.25) is 5.91 Å². The number of amides is 1. The zero-order chi connectivity index (χ0) is 20.5. The zero-order valence-corrected chi connectivity index (χ0v) is 19.1. The summed E-state index contributed by atoms with van der Waals surface area (Å²) in [6.45, 7) is 2.49. The molecule has 0 saturated carbocycles. The van der Waals surface area contributed by atoms with E-state index >= 15 is 0 Å². The molecule has 1 amide bonds. The minimum Gasteiger partial charge on any atom is -0.493 e. The summed E-state index contributed by atoms with van der Waals surface area (Å²) in [5.41, 5.74) is 1.04. The molecule has 1 atom stereocenters. The smallest absolute Gasteiger partial charge is 0.233 e. The molecule has 28 heavy (non-hydrogen) atoms. The number of halogens is 2. The van der Waals surface area contributed by atoms with Crippen molar-refractivity contribution in [2.75, 3.05) is 26.5 Å². The molecule has 0 aromatic heterocycles. The number of benzene rings is 2. The first kappa shape index (κ1) is 23.1. The summed E-state index contributed by atoms with van der Waals surface area (Å²) in [5.74, 6) is 2.91. The number of nitrogens with one attached hydrogen (secondary N) is 1. The standard InChI is InChI=1S/C20H23Cl2NO3S2/c1-13(28-16-6-7-18(25-2)19(11-16)26-3)20(24)23-8-9-27-12-14-4-5-15(21)10-17(14)22/h4-7,10-11,13H,8-9,12H2,1-3H3,(H,23,24)/t13-/m1/s1. The fourth-order valence-corrected chi connectivity index (χ4v) is 4.70. The molecular weight excluding hydrogens is 437 g/mol. The Kier molecular flexibility index (Phi) is 9.65. The molecule has 0 bridgehead atoms. The van der Waals surface area contributed by atoms with Crippen molar-refractivity contribution >= 4 is 52.6 Å². The second kappa shape index (κ2) is 11.7. The van der Waals surface area contributed by atoms with E-state index in [1.165, 1.54) is 11.8 Å². The quantitative estimate of drug-likeness (QED) is 0.373. The van der Waals surface area contributed by atoms with Gasteiger partial charge in [-0.25, -0.2) is 0 Å². The molecule has 2 aromatic rings. The van der Waals surface area contributed by atoms with Gasteiger partial charge in [-0.05, 0) is 42.8 Å². The van der Waals surface area contributed by atoms with Crippen LogP contribution in [0.5, 0.6) is 11.5 Å². The topological polar surface area (TPSA) is 47.6 Å². The fourth-order valence-electron chi connectivity index (χ4n) is 2.36. The lowest BCUT2D eigenvalue weighted by Gasteiger charge is -2.14. The maximum absolute atomic E-state index is 12.3. The minimum absolute atomic E-state index is 0.00455. The number of hydrogen-bond acceptors (Lipinski definition) is 5. The summed E-state index contributed by atoms with van der Waals surface area (Å²) in [4.78, 5) is 13.3. The first-order valence-corrected chi connectivity index (χ1v) is 11.4. The van der Waals surface area contributed by atoms with Crippen LogP contribution in [0.4, 0.5) is 0 Å². The molecule has 0 aliphatic heterocycles. The molecule has 8 heteroatoms. The number of hydrogen-bond donors (Lipinski definition) is 1. The van der Waals surface area contributed by atoms with Crippen molar-refractivity contribution in [2.24, 2.45) is 0 Å². The van der Waals surface area contributed by atoms with Gasteiger partial charge in [0.05, 0.1) is 19.5 Å². The largest absolute Gasteiger partial charge is 0.493 e. The van der Waals surface area contributed by atoms with Crippen LogP contribution in [0.15, 0.2) is 41.3 Å². The SMILES string of the molecule is COc1ccc(S[C@H](C)C(=O)NCCSCc2ccc(Cl)cc2Cl)cc1OC. The van der Waals surface area contributed by atoms with Crippen LogP contribution in [0.3, 0.4) is 0 Å². The third-order valence-electron chi connectivity index (χ3n) is 3.86. The average Bonchev–Trinajstić information content (AvgIpc) is 2.68. The third kappa shape index (κ3) is 6.99. The van der Waals surface area contributed by atoms with Crippen molar-refractivity contribution < 1.29 is 14.3 Å². The van der Waals surface area contributed by atoms with Crippen LogP contribution < -0.4 is 14.8 Å². The highest BCUT2D eigenvalue weighted by Gasteiger charge is 2.15. The summed E-state index contributed by atoms with van der Waals surface area (Å²) < 4.78 is 10.5. The predicted molar refractivity (Wildman–Crippen MR) is 120 cm³/mol. The molecule has 0 saturated heterocycles. The van der Waals surface area contributed by atoms with Crippen molar-refractivity contribution in [1.82, 2.24) is 5.32 Å². The first-order chi connectivity index (χ1) is 13.4. The Morgan fingerprint density at radius 2 is 1.86 bits per heavy atom. The lowest BCUT2D eigenvalue weighted by atomic mass is 10.2. The number of methoxy groups -OCH3 is 2. The Hall–Kier alpha value is -1.21. The zero-order valence-electron chi connectivity index (χ0n) is 16.0. The van der Waals surface area contributed by atoms with Crippen molar-refractivity contribution in [2.45, 2.75) is 22.8 Å². The number of ether oxygens (including phenoxy) is 2. The van der Waals surface area contributed by atoms with Gasteiger partial charge >= 0.3 is 0 Å². The highest BCUT2D eigenvalue weighted by Crippen LogP contribution is 2.33.